The number of para-hydroxylation sites is 1. The van der Waals surface area contributed by atoms with Crippen LogP contribution in [-0.2, 0) is 10.0 Å². The van der Waals surface area contributed by atoms with E-state index in [0.29, 0.717) is 10.2 Å². The Balaban J connectivity index is 2.38. The fourth-order valence-electron chi connectivity index (χ4n) is 1.63. The minimum absolute atomic E-state index is 0.270. The number of benzene rings is 2. The van der Waals surface area contributed by atoms with Gasteiger partial charge < -0.3 is 0 Å². The Labute approximate surface area is 121 Å². The maximum Gasteiger partial charge on any atom is 0.261 e. The summed E-state index contributed by atoms with van der Waals surface area (Å²) in [6.45, 7) is 3.85. The molecule has 0 spiro atoms. The predicted molar refractivity (Wildman–Crippen MR) is 80.9 cm³/mol. The molecule has 2 rings (SSSR count). The van der Waals surface area contributed by atoms with Crippen molar-refractivity contribution >= 4 is 31.6 Å². The van der Waals surface area contributed by atoms with Crippen molar-refractivity contribution in [3.63, 3.8) is 0 Å². The van der Waals surface area contributed by atoms with Crippen LogP contribution in [0.2, 0.25) is 0 Å². The van der Waals surface area contributed by atoms with Gasteiger partial charge >= 0.3 is 0 Å². The number of aryl methyl sites for hydroxylation is 2. The lowest BCUT2D eigenvalue weighted by molar-refractivity contribution is 0.601. The van der Waals surface area contributed by atoms with Crippen LogP contribution in [-0.4, -0.2) is 8.42 Å². The van der Waals surface area contributed by atoms with E-state index in [4.69, 9.17) is 0 Å². The van der Waals surface area contributed by atoms with Gasteiger partial charge in [-0.05, 0) is 65.2 Å². The molecule has 100 valence electrons. The third-order valence-corrected chi connectivity index (χ3v) is 4.96. The molecule has 0 fully saturated rings. The normalized spacial score (nSPS) is 11.3. The second kappa shape index (κ2) is 5.35. The van der Waals surface area contributed by atoms with Crippen LogP contribution in [0.5, 0.6) is 0 Å². The lowest BCUT2D eigenvalue weighted by Gasteiger charge is -2.10. The van der Waals surface area contributed by atoms with Gasteiger partial charge in [0.15, 0.2) is 0 Å². The zero-order chi connectivity index (χ0) is 14.0. The van der Waals surface area contributed by atoms with Crippen molar-refractivity contribution < 1.29 is 8.42 Å². The van der Waals surface area contributed by atoms with Crippen LogP contribution in [0.3, 0.4) is 0 Å². The van der Waals surface area contributed by atoms with Crippen LogP contribution in [0.25, 0.3) is 0 Å². The van der Waals surface area contributed by atoms with E-state index in [0.717, 1.165) is 11.1 Å². The van der Waals surface area contributed by atoms with Gasteiger partial charge in [-0.15, -0.1) is 0 Å². The average Bonchev–Trinajstić information content (AvgIpc) is 2.35. The van der Waals surface area contributed by atoms with Gasteiger partial charge in [-0.3, -0.25) is 4.72 Å². The predicted octanol–water partition coefficient (Wildman–Crippen LogP) is 3.87. The highest BCUT2D eigenvalue weighted by atomic mass is 79.9. The maximum atomic E-state index is 12.3. The Morgan fingerprint density at radius 1 is 1.00 bits per heavy atom. The lowest BCUT2D eigenvalue weighted by atomic mass is 10.1. The number of hydrogen-bond acceptors (Lipinski definition) is 2. The van der Waals surface area contributed by atoms with Crippen LogP contribution < -0.4 is 4.72 Å². The molecule has 0 heterocycles. The molecule has 0 aliphatic carbocycles. The van der Waals surface area contributed by atoms with Crippen molar-refractivity contribution in [1.82, 2.24) is 0 Å². The molecule has 0 unspecified atom stereocenters. The molecule has 0 saturated carbocycles. The summed E-state index contributed by atoms with van der Waals surface area (Å²) in [5.41, 5.74) is 2.55. The summed E-state index contributed by atoms with van der Waals surface area (Å²) in [6.07, 6.45) is 0. The second-order valence-electron chi connectivity index (χ2n) is 4.33. The van der Waals surface area contributed by atoms with Crippen molar-refractivity contribution in [1.29, 1.82) is 0 Å². The molecule has 0 aliphatic heterocycles. The third-order valence-electron chi connectivity index (χ3n) is 2.91. The number of rotatable bonds is 3. The lowest BCUT2D eigenvalue weighted by Crippen LogP contribution is -2.13. The first kappa shape index (κ1) is 14.1. The Morgan fingerprint density at radius 2 is 1.68 bits per heavy atom. The summed E-state index contributed by atoms with van der Waals surface area (Å²) in [5.74, 6) is 0. The highest BCUT2D eigenvalue weighted by Crippen LogP contribution is 2.25. The SMILES string of the molecule is Cc1ccc(S(=O)(=O)Nc2ccccc2Br)cc1C. The van der Waals surface area contributed by atoms with Gasteiger partial charge in [0.1, 0.15) is 0 Å². The zero-order valence-electron chi connectivity index (χ0n) is 10.6. The van der Waals surface area contributed by atoms with Gasteiger partial charge in [-0.1, -0.05) is 18.2 Å². The Kier molecular flexibility index (Phi) is 3.96. The number of sulfonamides is 1. The number of anilines is 1. The minimum atomic E-state index is -3.56. The van der Waals surface area contributed by atoms with E-state index in [1.807, 2.05) is 26.0 Å². The first-order chi connectivity index (χ1) is 8.90. The fraction of sp³-hybridized carbons (Fsp3) is 0.143. The van der Waals surface area contributed by atoms with Gasteiger partial charge in [0.25, 0.3) is 10.0 Å². The standard InChI is InChI=1S/C14H14BrNO2S/c1-10-7-8-12(9-11(10)2)19(17,18)16-14-6-4-3-5-13(14)15/h3-9,16H,1-2H3. The Hall–Kier alpha value is -1.33. The largest absolute Gasteiger partial charge is 0.278 e. The maximum absolute atomic E-state index is 12.3. The smallest absolute Gasteiger partial charge is 0.261 e. The number of hydrogen-bond donors (Lipinski definition) is 1. The van der Waals surface area contributed by atoms with E-state index in [1.54, 1.807) is 30.3 Å². The van der Waals surface area contributed by atoms with Crippen molar-refractivity contribution in [2.24, 2.45) is 0 Å². The monoisotopic (exact) mass is 339 g/mol. The summed E-state index contributed by atoms with van der Waals surface area (Å²) in [7, 11) is -3.56. The quantitative estimate of drug-likeness (QED) is 0.922. The minimum Gasteiger partial charge on any atom is -0.278 e. The molecule has 0 amide bonds. The molecule has 1 N–H and O–H groups in total. The molecule has 3 nitrogen and oxygen atoms in total. The average molecular weight is 340 g/mol. The molecule has 2 aromatic carbocycles. The van der Waals surface area contributed by atoms with Gasteiger partial charge in [0.05, 0.1) is 10.6 Å². The molecule has 2 aromatic rings. The number of halogens is 1. The molecule has 0 aromatic heterocycles. The first-order valence-corrected chi connectivity index (χ1v) is 8.02. The van der Waals surface area contributed by atoms with E-state index in [2.05, 4.69) is 20.7 Å². The fourth-order valence-corrected chi connectivity index (χ4v) is 3.31. The molecular formula is C14H14BrNO2S. The van der Waals surface area contributed by atoms with Crippen LogP contribution in [0.15, 0.2) is 51.8 Å². The van der Waals surface area contributed by atoms with Gasteiger partial charge in [-0.25, -0.2) is 8.42 Å². The van der Waals surface area contributed by atoms with E-state index < -0.39 is 10.0 Å². The Morgan fingerprint density at radius 3 is 2.32 bits per heavy atom. The van der Waals surface area contributed by atoms with Gasteiger partial charge in [0, 0.05) is 4.47 Å². The summed E-state index contributed by atoms with van der Waals surface area (Å²) in [6, 6.07) is 12.2. The molecule has 0 saturated heterocycles. The van der Waals surface area contributed by atoms with Crippen LogP contribution in [0, 0.1) is 13.8 Å². The molecular weight excluding hydrogens is 326 g/mol. The van der Waals surface area contributed by atoms with E-state index in [9.17, 15) is 8.42 Å². The summed E-state index contributed by atoms with van der Waals surface area (Å²) >= 11 is 3.32. The van der Waals surface area contributed by atoms with Gasteiger partial charge in [0.2, 0.25) is 0 Å². The van der Waals surface area contributed by atoms with E-state index in [1.165, 1.54) is 0 Å². The molecule has 0 bridgehead atoms. The summed E-state index contributed by atoms with van der Waals surface area (Å²) in [5, 5.41) is 0. The topological polar surface area (TPSA) is 46.2 Å². The molecule has 0 radical (unpaired) electrons. The highest BCUT2D eigenvalue weighted by Gasteiger charge is 2.15. The van der Waals surface area contributed by atoms with E-state index in [-0.39, 0.29) is 4.90 Å². The highest BCUT2D eigenvalue weighted by molar-refractivity contribution is 9.10. The zero-order valence-corrected chi connectivity index (χ0v) is 13.0. The van der Waals surface area contributed by atoms with Crippen LogP contribution in [0.4, 0.5) is 5.69 Å². The first-order valence-electron chi connectivity index (χ1n) is 5.75. The molecule has 0 atom stereocenters. The third kappa shape index (κ3) is 3.16. The molecule has 19 heavy (non-hydrogen) atoms. The van der Waals surface area contributed by atoms with Crippen molar-refractivity contribution in [3.05, 3.63) is 58.1 Å². The van der Waals surface area contributed by atoms with Crippen molar-refractivity contribution in [2.75, 3.05) is 4.72 Å². The second-order valence-corrected chi connectivity index (χ2v) is 6.87. The summed E-state index contributed by atoms with van der Waals surface area (Å²) in [4.78, 5) is 0.270. The molecule has 0 aliphatic rings. The Bertz CT molecular complexity index is 711. The molecule has 5 heteroatoms. The van der Waals surface area contributed by atoms with Crippen molar-refractivity contribution in [3.8, 4) is 0 Å². The van der Waals surface area contributed by atoms with E-state index >= 15 is 0 Å². The van der Waals surface area contributed by atoms with Crippen LogP contribution in [0.1, 0.15) is 11.1 Å². The number of nitrogens with one attached hydrogen (secondary N) is 1. The van der Waals surface area contributed by atoms with Crippen molar-refractivity contribution in [2.45, 2.75) is 18.7 Å². The van der Waals surface area contributed by atoms with Gasteiger partial charge in [-0.2, -0.15) is 0 Å². The summed E-state index contributed by atoms with van der Waals surface area (Å²) < 4.78 is 27.9. The van der Waals surface area contributed by atoms with Crippen LogP contribution >= 0.6 is 15.9 Å².